The highest BCUT2D eigenvalue weighted by Gasteiger charge is 2.52. The Morgan fingerprint density at radius 3 is 2.92 bits per heavy atom. The van der Waals surface area contributed by atoms with Crippen LogP contribution in [0.5, 0.6) is 0 Å². The van der Waals surface area contributed by atoms with E-state index in [0.29, 0.717) is 0 Å². The number of halogens is 1. The van der Waals surface area contributed by atoms with Gasteiger partial charge in [0.2, 0.25) is 0 Å². The van der Waals surface area contributed by atoms with E-state index in [4.69, 9.17) is 9.84 Å². The van der Waals surface area contributed by atoms with Gasteiger partial charge in [0, 0.05) is 0 Å². The minimum absolute atomic E-state index is 0.0134. The largest absolute Gasteiger partial charge is 0.465 e. The number of hydrogen-bond donors (Lipinski definition) is 2. The molecule has 0 saturated carbocycles. The molecule has 0 unspecified atom stereocenters. The van der Waals surface area contributed by atoms with E-state index in [-0.39, 0.29) is 13.2 Å². The summed E-state index contributed by atoms with van der Waals surface area (Å²) >= 11 is 0. The zero-order chi connectivity index (χ0) is 9.59. The van der Waals surface area contributed by atoms with Crippen molar-refractivity contribution in [1.29, 1.82) is 0 Å². The molecule has 0 spiro atoms. The minimum atomic E-state index is -1.32. The minimum Gasteiger partial charge on any atom is -0.465 e. The smallest absolute Gasteiger partial charge is 0.407 e. The lowest BCUT2D eigenvalue weighted by atomic mass is 10.1. The van der Waals surface area contributed by atoms with E-state index < -0.39 is 30.5 Å². The molecular formula is C7H10FNO4. The lowest BCUT2D eigenvalue weighted by molar-refractivity contribution is 0.0481. The Labute approximate surface area is 73.7 Å². The summed E-state index contributed by atoms with van der Waals surface area (Å²) in [6.07, 6.45) is -4.22. The molecule has 0 bridgehead atoms. The van der Waals surface area contributed by atoms with Gasteiger partial charge in [-0.15, -0.1) is 0 Å². The maximum atomic E-state index is 13.1. The third kappa shape index (κ3) is 1.17. The molecule has 74 valence electrons. The lowest BCUT2D eigenvalue weighted by Gasteiger charge is -2.21. The third-order valence-corrected chi connectivity index (χ3v) is 2.52. The molecule has 0 radical (unpaired) electrons. The normalized spacial score (nSPS) is 43.7. The number of alkyl halides is 1. The molecule has 0 aromatic rings. The van der Waals surface area contributed by atoms with Crippen LogP contribution in [-0.2, 0) is 4.74 Å². The predicted molar refractivity (Wildman–Crippen MR) is 39.2 cm³/mol. The van der Waals surface area contributed by atoms with Crippen LogP contribution in [0.4, 0.5) is 9.18 Å². The molecule has 2 rings (SSSR count). The van der Waals surface area contributed by atoms with Gasteiger partial charge < -0.3 is 14.9 Å². The van der Waals surface area contributed by atoms with Crippen molar-refractivity contribution in [3.05, 3.63) is 0 Å². The Balaban J connectivity index is 2.20. The molecule has 0 aliphatic carbocycles. The summed E-state index contributed by atoms with van der Waals surface area (Å²) in [5.41, 5.74) is 0. The van der Waals surface area contributed by atoms with Gasteiger partial charge >= 0.3 is 6.09 Å². The van der Waals surface area contributed by atoms with Gasteiger partial charge in [-0.2, -0.15) is 0 Å². The molecular weight excluding hydrogens is 181 g/mol. The summed E-state index contributed by atoms with van der Waals surface area (Å²) in [6, 6.07) is -0.729. The van der Waals surface area contributed by atoms with Gasteiger partial charge in [-0.3, -0.25) is 4.90 Å². The van der Waals surface area contributed by atoms with Crippen LogP contribution in [0, 0.1) is 0 Å². The van der Waals surface area contributed by atoms with Crippen molar-refractivity contribution in [2.45, 2.75) is 24.4 Å². The topological polar surface area (TPSA) is 70.0 Å². The van der Waals surface area contributed by atoms with Gasteiger partial charge in [-0.1, -0.05) is 0 Å². The predicted octanol–water partition coefficient (Wildman–Crippen LogP) is -0.554. The summed E-state index contributed by atoms with van der Waals surface area (Å²) in [4.78, 5) is 11.5. The number of amides is 1. The van der Waals surface area contributed by atoms with Crippen LogP contribution in [-0.4, -0.2) is 58.8 Å². The van der Waals surface area contributed by atoms with Crippen LogP contribution in [0.1, 0.15) is 0 Å². The van der Waals surface area contributed by atoms with Crippen molar-refractivity contribution < 1.29 is 24.1 Å². The first-order valence-electron chi connectivity index (χ1n) is 4.04. The molecule has 0 aromatic heterocycles. The SMILES string of the molecule is O=C(O)N1C[C@H](F)[C@H]2OC[C@H](O)[C@H]21. The number of likely N-dealkylation sites (tertiary alicyclic amines) is 1. The van der Waals surface area contributed by atoms with E-state index in [1.54, 1.807) is 0 Å². The number of rotatable bonds is 0. The fourth-order valence-corrected chi connectivity index (χ4v) is 1.95. The third-order valence-electron chi connectivity index (χ3n) is 2.52. The highest BCUT2D eigenvalue weighted by atomic mass is 19.1. The van der Waals surface area contributed by atoms with Gasteiger partial charge in [0.25, 0.3) is 0 Å². The van der Waals surface area contributed by atoms with E-state index in [1.807, 2.05) is 0 Å². The first-order valence-corrected chi connectivity index (χ1v) is 4.04. The van der Waals surface area contributed by atoms with Gasteiger partial charge in [0.1, 0.15) is 18.4 Å². The Hall–Kier alpha value is -0.880. The van der Waals surface area contributed by atoms with Crippen molar-refractivity contribution >= 4 is 6.09 Å². The Bertz CT molecular complexity index is 237. The number of fused-ring (bicyclic) bond motifs is 1. The van der Waals surface area contributed by atoms with Crippen LogP contribution in [0.2, 0.25) is 0 Å². The van der Waals surface area contributed by atoms with Gasteiger partial charge in [-0.25, -0.2) is 9.18 Å². The van der Waals surface area contributed by atoms with E-state index in [9.17, 15) is 14.3 Å². The number of aliphatic hydroxyl groups excluding tert-OH is 1. The Morgan fingerprint density at radius 2 is 2.31 bits per heavy atom. The fourth-order valence-electron chi connectivity index (χ4n) is 1.95. The first kappa shape index (κ1) is 8.71. The van der Waals surface area contributed by atoms with Crippen LogP contribution < -0.4 is 0 Å². The van der Waals surface area contributed by atoms with Crippen LogP contribution in [0.3, 0.4) is 0 Å². The summed E-state index contributed by atoms with van der Waals surface area (Å²) in [6.45, 7) is -0.193. The average Bonchev–Trinajstić information content (AvgIpc) is 2.55. The summed E-state index contributed by atoms with van der Waals surface area (Å²) < 4.78 is 18.1. The maximum Gasteiger partial charge on any atom is 0.407 e. The molecule has 2 N–H and O–H groups in total. The summed E-state index contributed by atoms with van der Waals surface area (Å²) in [5.74, 6) is 0. The molecule has 2 saturated heterocycles. The Morgan fingerprint density at radius 1 is 1.62 bits per heavy atom. The number of carbonyl (C=O) groups is 1. The standard InChI is InChI=1S/C7H10FNO4/c8-3-1-9(7(11)12)5-4(10)2-13-6(3)5/h3-6,10H,1-2H2,(H,11,12)/t3-,4-,5+,6+/m0/s1. The van der Waals surface area contributed by atoms with Crippen molar-refractivity contribution in [2.75, 3.05) is 13.2 Å². The maximum absolute atomic E-state index is 13.1. The molecule has 6 heteroatoms. The lowest BCUT2D eigenvalue weighted by Crippen LogP contribution is -2.43. The van der Waals surface area contributed by atoms with E-state index in [0.717, 1.165) is 4.90 Å². The number of nitrogens with zero attached hydrogens (tertiary/aromatic N) is 1. The second-order valence-corrected chi connectivity index (χ2v) is 3.31. The van der Waals surface area contributed by atoms with Crippen molar-refractivity contribution in [3.8, 4) is 0 Å². The van der Waals surface area contributed by atoms with Crippen LogP contribution in [0.15, 0.2) is 0 Å². The molecule has 4 atom stereocenters. The highest BCUT2D eigenvalue weighted by Crippen LogP contribution is 2.31. The number of carboxylic acid groups (broad SMARTS) is 1. The molecule has 5 nitrogen and oxygen atoms in total. The summed E-state index contributed by atoms with van der Waals surface area (Å²) in [5, 5.41) is 18.0. The molecule has 2 fully saturated rings. The second kappa shape index (κ2) is 2.81. The summed E-state index contributed by atoms with van der Waals surface area (Å²) in [7, 11) is 0. The van der Waals surface area contributed by atoms with Crippen molar-refractivity contribution in [3.63, 3.8) is 0 Å². The van der Waals surface area contributed by atoms with E-state index in [2.05, 4.69) is 0 Å². The van der Waals surface area contributed by atoms with Gasteiger partial charge in [0.15, 0.2) is 0 Å². The van der Waals surface area contributed by atoms with E-state index >= 15 is 0 Å². The molecule has 2 aliphatic heterocycles. The zero-order valence-electron chi connectivity index (χ0n) is 6.76. The quantitative estimate of drug-likeness (QED) is 0.538. The van der Waals surface area contributed by atoms with Crippen molar-refractivity contribution in [1.82, 2.24) is 4.90 Å². The molecule has 2 aliphatic rings. The fraction of sp³-hybridized carbons (Fsp3) is 0.857. The molecule has 1 amide bonds. The molecule has 13 heavy (non-hydrogen) atoms. The monoisotopic (exact) mass is 191 g/mol. The van der Waals surface area contributed by atoms with Gasteiger partial charge in [0.05, 0.1) is 19.2 Å². The highest BCUT2D eigenvalue weighted by molar-refractivity contribution is 5.66. The number of aliphatic hydroxyl groups is 1. The average molecular weight is 191 g/mol. The number of ether oxygens (including phenoxy) is 1. The van der Waals surface area contributed by atoms with Gasteiger partial charge in [-0.05, 0) is 0 Å². The van der Waals surface area contributed by atoms with Crippen LogP contribution >= 0.6 is 0 Å². The van der Waals surface area contributed by atoms with E-state index in [1.165, 1.54) is 0 Å². The zero-order valence-corrected chi connectivity index (χ0v) is 6.76. The van der Waals surface area contributed by atoms with Crippen LogP contribution in [0.25, 0.3) is 0 Å². The number of hydrogen-bond acceptors (Lipinski definition) is 3. The van der Waals surface area contributed by atoms with Crippen molar-refractivity contribution in [2.24, 2.45) is 0 Å². The molecule has 0 aromatic carbocycles. The first-order chi connectivity index (χ1) is 6.11. The molecule has 2 heterocycles. The second-order valence-electron chi connectivity index (χ2n) is 3.31. The Kier molecular flexibility index (Phi) is 1.88.